The first-order chi connectivity index (χ1) is 14.1. The van der Waals surface area contributed by atoms with Crippen LogP contribution < -0.4 is 4.90 Å². The summed E-state index contributed by atoms with van der Waals surface area (Å²) in [5.41, 5.74) is 0.838. The number of nitrogens with zero attached hydrogens (tertiary/aromatic N) is 4. The predicted octanol–water partition coefficient (Wildman–Crippen LogP) is 2.81. The molecule has 3 saturated heterocycles. The smallest absolute Gasteiger partial charge is 0.293 e. The fourth-order valence-corrected chi connectivity index (χ4v) is 4.77. The van der Waals surface area contributed by atoms with Crippen LogP contribution in [0.2, 0.25) is 0 Å². The van der Waals surface area contributed by atoms with Crippen molar-refractivity contribution in [3.63, 3.8) is 0 Å². The van der Waals surface area contributed by atoms with E-state index in [0.717, 1.165) is 64.7 Å². The van der Waals surface area contributed by atoms with Gasteiger partial charge in [-0.2, -0.15) is 0 Å². The van der Waals surface area contributed by atoms with Crippen molar-refractivity contribution in [2.75, 3.05) is 37.6 Å². The van der Waals surface area contributed by atoms with Gasteiger partial charge in [-0.3, -0.25) is 19.7 Å². The van der Waals surface area contributed by atoms with Gasteiger partial charge in [0.25, 0.3) is 11.6 Å². The summed E-state index contributed by atoms with van der Waals surface area (Å²) in [6, 6.07) is 4.31. The number of nitro groups is 1. The number of carbonyl (C=O) groups is 2. The highest BCUT2D eigenvalue weighted by molar-refractivity contribution is 5.99. The molecule has 1 aromatic rings. The average Bonchev–Trinajstić information content (AvgIpc) is 3.46. The molecule has 3 fully saturated rings. The second kappa shape index (κ2) is 8.39. The Morgan fingerprint density at radius 1 is 0.931 bits per heavy atom. The van der Waals surface area contributed by atoms with Gasteiger partial charge in [0.2, 0.25) is 5.91 Å². The molecule has 3 aliphatic heterocycles. The van der Waals surface area contributed by atoms with Crippen LogP contribution in [0.3, 0.4) is 0 Å². The van der Waals surface area contributed by atoms with Gasteiger partial charge in [-0.15, -0.1) is 0 Å². The number of carbonyl (C=O) groups excluding carboxylic acids is 2. The van der Waals surface area contributed by atoms with Crippen LogP contribution in [0.1, 0.15) is 55.3 Å². The third-order valence-electron chi connectivity index (χ3n) is 6.33. The monoisotopic (exact) mass is 400 g/mol. The first-order valence-electron chi connectivity index (χ1n) is 10.7. The van der Waals surface area contributed by atoms with E-state index in [1.54, 1.807) is 17.0 Å². The predicted molar refractivity (Wildman–Crippen MR) is 109 cm³/mol. The Hall–Kier alpha value is -2.64. The van der Waals surface area contributed by atoms with Gasteiger partial charge in [0.15, 0.2) is 0 Å². The number of likely N-dealkylation sites (tertiary alicyclic amines) is 2. The lowest BCUT2D eigenvalue weighted by Crippen LogP contribution is -2.52. The molecule has 0 spiro atoms. The molecule has 8 nitrogen and oxygen atoms in total. The molecule has 0 saturated carbocycles. The molecule has 1 aromatic carbocycles. The maximum Gasteiger partial charge on any atom is 0.293 e. The van der Waals surface area contributed by atoms with Gasteiger partial charge in [0.1, 0.15) is 11.7 Å². The van der Waals surface area contributed by atoms with Gasteiger partial charge in [0.05, 0.1) is 4.92 Å². The SMILES string of the molecule is O=C(C1CCCCN1C(=O)c1ccc(N2CCCC2)c([N+](=O)[O-])c1)N1CCCC1. The van der Waals surface area contributed by atoms with Crippen LogP contribution in [0, 0.1) is 10.1 Å². The van der Waals surface area contributed by atoms with E-state index in [1.807, 2.05) is 9.80 Å². The topological polar surface area (TPSA) is 87.0 Å². The number of hydrogen-bond acceptors (Lipinski definition) is 5. The molecular formula is C21H28N4O4. The number of nitro benzene ring substituents is 1. The molecule has 3 heterocycles. The van der Waals surface area contributed by atoms with Gasteiger partial charge >= 0.3 is 0 Å². The standard InChI is InChI=1S/C21H28N4O4/c26-20(24-14-2-1-7-18(24)21(27)23-12-5-6-13-23)16-8-9-17(19(15-16)25(28)29)22-10-3-4-11-22/h8-9,15,18H,1-7,10-14H2. The average molecular weight is 400 g/mol. The minimum atomic E-state index is -0.452. The van der Waals surface area contributed by atoms with Crippen molar-refractivity contribution in [3.05, 3.63) is 33.9 Å². The van der Waals surface area contributed by atoms with Crippen molar-refractivity contribution in [2.24, 2.45) is 0 Å². The molecule has 3 aliphatic rings. The number of anilines is 1. The summed E-state index contributed by atoms with van der Waals surface area (Å²) in [7, 11) is 0. The lowest BCUT2D eigenvalue weighted by Gasteiger charge is -2.36. The first-order valence-corrected chi connectivity index (χ1v) is 10.7. The van der Waals surface area contributed by atoms with Crippen LogP contribution in [-0.4, -0.2) is 65.3 Å². The summed E-state index contributed by atoms with van der Waals surface area (Å²) < 4.78 is 0. The highest BCUT2D eigenvalue weighted by Gasteiger charge is 2.36. The normalized spacial score (nSPS) is 22.2. The molecule has 156 valence electrons. The van der Waals surface area contributed by atoms with E-state index in [9.17, 15) is 19.7 Å². The molecule has 2 amide bonds. The number of piperidine rings is 1. The van der Waals surface area contributed by atoms with Crippen molar-refractivity contribution in [1.82, 2.24) is 9.80 Å². The largest absolute Gasteiger partial charge is 0.366 e. The van der Waals surface area contributed by atoms with Crippen molar-refractivity contribution in [3.8, 4) is 0 Å². The Kier molecular flexibility index (Phi) is 5.69. The first kappa shape index (κ1) is 19.7. The van der Waals surface area contributed by atoms with Crippen LogP contribution in [0.4, 0.5) is 11.4 Å². The Balaban J connectivity index is 1.59. The third-order valence-corrected chi connectivity index (χ3v) is 6.33. The lowest BCUT2D eigenvalue weighted by molar-refractivity contribution is -0.384. The van der Waals surface area contributed by atoms with E-state index in [4.69, 9.17) is 0 Å². The van der Waals surface area contributed by atoms with Crippen LogP contribution in [0.25, 0.3) is 0 Å². The maximum absolute atomic E-state index is 13.3. The van der Waals surface area contributed by atoms with Crippen LogP contribution in [0.15, 0.2) is 18.2 Å². The molecule has 29 heavy (non-hydrogen) atoms. The number of amides is 2. The summed E-state index contributed by atoms with van der Waals surface area (Å²) in [6.07, 6.45) is 6.49. The molecule has 8 heteroatoms. The van der Waals surface area contributed by atoms with Crippen molar-refractivity contribution in [1.29, 1.82) is 0 Å². The molecule has 0 N–H and O–H groups in total. The highest BCUT2D eigenvalue weighted by Crippen LogP contribution is 2.33. The third kappa shape index (κ3) is 3.93. The second-order valence-corrected chi connectivity index (χ2v) is 8.20. The number of benzene rings is 1. The molecule has 0 bridgehead atoms. The molecular weight excluding hydrogens is 372 g/mol. The summed E-state index contributed by atoms with van der Waals surface area (Å²) in [6.45, 7) is 3.63. The van der Waals surface area contributed by atoms with Crippen LogP contribution in [-0.2, 0) is 4.79 Å². The zero-order valence-electron chi connectivity index (χ0n) is 16.7. The van der Waals surface area contributed by atoms with Gasteiger partial charge in [-0.25, -0.2) is 0 Å². The molecule has 0 aliphatic carbocycles. The maximum atomic E-state index is 13.3. The van der Waals surface area contributed by atoms with Crippen LogP contribution in [0.5, 0.6) is 0 Å². The molecule has 4 rings (SSSR count). The Labute approximate surface area is 170 Å². The van der Waals surface area contributed by atoms with E-state index in [-0.39, 0.29) is 17.5 Å². The summed E-state index contributed by atoms with van der Waals surface area (Å²) >= 11 is 0. The van der Waals surface area contributed by atoms with Crippen molar-refractivity contribution in [2.45, 2.75) is 51.0 Å². The fraction of sp³-hybridized carbons (Fsp3) is 0.619. The summed E-state index contributed by atoms with van der Waals surface area (Å²) in [5.74, 6) is -0.253. The minimum absolute atomic E-state index is 0.0266. The van der Waals surface area contributed by atoms with E-state index in [1.165, 1.54) is 6.07 Å². The van der Waals surface area contributed by atoms with Gasteiger partial charge in [-0.05, 0) is 57.1 Å². The van der Waals surface area contributed by atoms with Crippen molar-refractivity contribution < 1.29 is 14.5 Å². The van der Waals surface area contributed by atoms with Gasteiger partial charge in [-0.1, -0.05) is 0 Å². The van der Waals surface area contributed by atoms with Crippen LogP contribution >= 0.6 is 0 Å². The Bertz CT molecular complexity index is 800. The van der Waals surface area contributed by atoms with E-state index >= 15 is 0 Å². The Morgan fingerprint density at radius 3 is 2.28 bits per heavy atom. The molecule has 0 aromatic heterocycles. The van der Waals surface area contributed by atoms with E-state index in [2.05, 4.69) is 0 Å². The lowest BCUT2D eigenvalue weighted by atomic mass is 9.99. The van der Waals surface area contributed by atoms with Crippen molar-refractivity contribution >= 4 is 23.2 Å². The minimum Gasteiger partial charge on any atom is -0.366 e. The molecule has 1 atom stereocenters. The quantitative estimate of drug-likeness (QED) is 0.573. The fourth-order valence-electron chi connectivity index (χ4n) is 4.77. The van der Waals surface area contributed by atoms with Gasteiger partial charge < -0.3 is 14.7 Å². The zero-order valence-corrected chi connectivity index (χ0v) is 16.7. The summed E-state index contributed by atoms with van der Waals surface area (Å²) in [4.78, 5) is 43.0. The Morgan fingerprint density at radius 2 is 1.59 bits per heavy atom. The molecule has 0 radical (unpaired) electrons. The van der Waals surface area contributed by atoms with E-state index in [0.29, 0.717) is 24.2 Å². The zero-order chi connectivity index (χ0) is 20.4. The second-order valence-electron chi connectivity index (χ2n) is 8.20. The number of hydrogen-bond donors (Lipinski definition) is 0. The van der Waals surface area contributed by atoms with Gasteiger partial charge in [0, 0.05) is 44.4 Å². The summed E-state index contributed by atoms with van der Waals surface area (Å²) in [5, 5.41) is 11.7. The highest BCUT2D eigenvalue weighted by atomic mass is 16.6. The van der Waals surface area contributed by atoms with E-state index < -0.39 is 11.0 Å². The number of rotatable bonds is 4. The molecule has 1 unspecified atom stereocenters.